The normalized spacial score (nSPS) is 25.2. The van der Waals surface area contributed by atoms with Crippen LogP contribution < -0.4 is 16.4 Å². The number of nitrogens with two attached hydrogens (primary N) is 1. The summed E-state index contributed by atoms with van der Waals surface area (Å²) in [6, 6.07) is 2.87. The maximum Gasteiger partial charge on any atom is 0.183 e. The minimum atomic E-state index is 0.187. The van der Waals surface area contributed by atoms with E-state index in [1.165, 1.54) is 0 Å². The first kappa shape index (κ1) is 24.8. The van der Waals surface area contributed by atoms with Gasteiger partial charge in [-0.3, -0.25) is 4.98 Å². The van der Waals surface area contributed by atoms with E-state index in [0.717, 1.165) is 73.9 Å². The largest absolute Gasteiger partial charge is 0.383 e. The second-order valence-corrected chi connectivity index (χ2v) is 10.6. The Hall–Kier alpha value is -1.29. The number of rotatable bonds is 9. The lowest BCUT2D eigenvalue weighted by Gasteiger charge is -2.36. The average molecular weight is 494 g/mol. The molecule has 182 valence electrons. The standard InChI is InChI=1S/C24H36ClN5O2S/c1-15(13-31-2)29-21-4-3-17(26)9-19(21)22-10-18(20(25)12-27-22)23-14-33-24(30-23)28-11-16-5-7-32-8-6-16/h10,12,14-17,19,21,29H,3-9,11,13,26H2,1-2H3,(H,28,30)/t15-,17-,19?,21-/m1/s1. The molecule has 7 nitrogen and oxygen atoms in total. The van der Waals surface area contributed by atoms with E-state index in [0.29, 0.717) is 23.6 Å². The molecule has 9 heteroatoms. The highest BCUT2D eigenvalue weighted by Gasteiger charge is 2.32. The fourth-order valence-electron chi connectivity index (χ4n) is 4.91. The molecule has 2 fully saturated rings. The topological polar surface area (TPSA) is 94.3 Å². The van der Waals surface area contributed by atoms with Gasteiger partial charge in [0, 0.05) is 73.7 Å². The molecule has 0 amide bonds. The van der Waals surface area contributed by atoms with Crippen molar-refractivity contribution in [2.45, 2.75) is 63.1 Å². The van der Waals surface area contributed by atoms with Crippen LogP contribution in [0.15, 0.2) is 17.6 Å². The number of hydrogen-bond acceptors (Lipinski definition) is 8. The highest BCUT2D eigenvalue weighted by Crippen LogP contribution is 2.37. The van der Waals surface area contributed by atoms with E-state index < -0.39 is 0 Å². The summed E-state index contributed by atoms with van der Waals surface area (Å²) in [4.78, 5) is 9.55. The first-order chi connectivity index (χ1) is 16.0. The summed E-state index contributed by atoms with van der Waals surface area (Å²) in [5, 5.41) is 10.9. The molecule has 0 aromatic carbocycles. The third-order valence-corrected chi connectivity index (χ3v) is 7.83. The molecule has 1 saturated heterocycles. The van der Waals surface area contributed by atoms with Crippen LogP contribution in [0.4, 0.5) is 5.13 Å². The van der Waals surface area contributed by atoms with Crippen molar-refractivity contribution in [3.63, 3.8) is 0 Å². The van der Waals surface area contributed by atoms with Crippen LogP contribution in [0, 0.1) is 5.92 Å². The molecule has 4 N–H and O–H groups in total. The third kappa shape index (κ3) is 6.65. The van der Waals surface area contributed by atoms with Crippen LogP contribution in [0.25, 0.3) is 11.3 Å². The van der Waals surface area contributed by atoms with Crippen LogP contribution in [0.2, 0.25) is 5.02 Å². The zero-order valence-electron chi connectivity index (χ0n) is 19.6. The maximum absolute atomic E-state index is 6.58. The molecule has 0 spiro atoms. The Morgan fingerprint density at radius 3 is 2.91 bits per heavy atom. The highest BCUT2D eigenvalue weighted by molar-refractivity contribution is 7.14. The summed E-state index contributed by atoms with van der Waals surface area (Å²) in [6.07, 6.45) is 6.91. The molecular formula is C24H36ClN5O2S. The molecule has 0 bridgehead atoms. The van der Waals surface area contributed by atoms with E-state index >= 15 is 0 Å². The first-order valence-corrected chi connectivity index (χ1v) is 13.2. The molecule has 2 aromatic heterocycles. The molecule has 4 rings (SSSR count). The Labute approximate surface area is 205 Å². The lowest BCUT2D eigenvalue weighted by atomic mass is 9.79. The van der Waals surface area contributed by atoms with Crippen LogP contribution in [0.5, 0.6) is 0 Å². The fraction of sp³-hybridized carbons (Fsp3) is 0.667. The quantitative estimate of drug-likeness (QED) is 0.479. The van der Waals surface area contributed by atoms with E-state index in [-0.39, 0.29) is 18.0 Å². The summed E-state index contributed by atoms with van der Waals surface area (Å²) >= 11 is 8.20. The number of nitrogens with zero attached hydrogens (tertiary/aromatic N) is 2. The number of methoxy groups -OCH3 is 1. The van der Waals surface area contributed by atoms with Crippen molar-refractivity contribution in [1.82, 2.24) is 15.3 Å². The number of aromatic nitrogens is 2. The summed E-state index contributed by atoms with van der Waals surface area (Å²) in [5.74, 6) is 0.872. The lowest BCUT2D eigenvalue weighted by molar-refractivity contribution is 0.0699. The third-order valence-electron chi connectivity index (χ3n) is 6.73. The van der Waals surface area contributed by atoms with E-state index in [4.69, 9.17) is 36.8 Å². The zero-order valence-corrected chi connectivity index (χ0v) is 21.1. The van der Waals surface area contributed by atoms with Gasteiger partial charge in [0.15, 0.2) is 5.13 Å². The summed E-state index contributed by atoms with van der Waals surface area (Å²) < 4.78 is 10.8. The van der Waals surface area contributed by atoms with Crippen LogP contribution >= 0.6 is 22.9 Å². The molecule has 3 heterocycles. The molecule has 1 saturated carbocycles. The van der Waals surface area contributed by atoms with Crippen molar-refractivity contribution in [3.05, 3.63) is 28.4 Å². The van der Waals surface area contributed by atoms with Gasteiger partial charge in [0.25, 0.3) is 0 Å². The second-order valence-electron chi connectivity index (χ2n) is 9.37. The Morgan fingerprint density at radius 2 is 2.12 bits per heavy atom. The van der Waals surface area contributed by atoms with Crippen LogP contribution in [0.3, 0.4) is 0 Å². The molecule has 2 aliphatic rings. The Balaban J connectivity index is 1.49. The number of nitrogens with one attached hydrogen (secondary N) is 2. The van der Waals surface area contributed by atoms with Gasteiger partial charge in [-0.05, 0) is 51.0 Å². The van der Waals surface area contributed by atoms with E-state index in [1.54, 1.807) is 24.6 Å². The Morgan fingerprint density at radius 1 is 1.30 bits per heavy atom. The number of pyridine rings is 1. The van der Waals surface area contributed by atoms with Gasteiger partial charge < -0.3 is 25.8 Å². The molecule has 0 radical (unpaired) electrons. The molecule has 2 aromatic rings. The first-order valence-electron chi connectivity index (χ1n) is 12.0. The number of ether oxygens (including phenoxy) is 2. The maximum atomic E-state index is 6.58. The van der Waals surface area contributed by atoms with E-state index in [9.17, 15) is 0 Å². The summed E-state index contributed by atoms with van der Waals surface area (Å²) in [6.45, 7) is 5.47. The van der Waals surface area contributed by atoms with Gasteiger partial charge in [-0.1, -0.05) is 11.6 Å². The van der Waals surface area contributed by atoms with Gasteiger partial charge in [-0.15, -0.1) is 11.3 Å². The van der Waals surface area contributed by atoms with Crippen molar-refractivity contribution in [2.75, 3.05) is 38.8 Å². The average Bonchev–Trinajstić information content (AvgIpc) is 3.29. The number of anilines is 1. The van der Waals surface area contributed by atoms with Crippen LogP contribution in [-0.2, 0) is 9.47 Å². The van der Waals surface area contributed by atoms with E-state index in [1.807, 2.05) is 0 Å². The molecular weight excluding hydrogens is 458 g/mol. The predicted molar refractivity (Wildman–Crippen MR) is 135 cm³/mol. The van der Waals surface area contributed by atoms with Crippen molar-refractivity contribution >= 4 is 28.1 Å². The zero-order chi connectivity index (χ0) is 23.2. The van der Waals surface area contributed by atoms with Crippen molar-refractivity contribution in [3.8, 4) is 11.3 Å². The molecule has 4 atom stereocenters. The molecule has 33 heavy (non-hydrogen) atoms. The number of thiazole rings is 1. The van der Waals surface area contributed by atoms with Gasteiger partial charge in [0.05, 0.1) is 17.3 Å². The van der Waals surface area contributed by atoms with Crippen molar-refractivity contribution in [2.24, 2.45) is 11.7 Å². The second kappa shape index (κ2) is 11.9. The fourth-order valence-corrected chi connectivity index (χ4v) is 5.83. The SMILES string of the molecule is COC[C@@H](C)N[C@@H]1CC[C@@H](N)CC1c1cc(-c2csc(NCC3CCOCC3)n2)c(Cl)cn1. The van der Waals surface area contributed by atoms with Gasteiger partial charge >= 0.3 is 0 Å². The summed E-state index contributed by atoms with van der Waals surface area (Å²) in [7, 11) is 1.74. The van der Waals surface area contributed by atoms with Gasteiger partial charge in [0.2, 0.25) is 0 Å². The Bertz CT molecular complexity index is 891. The monoisotopic (exact) mass is 493 g/mol. The molecule has 1 unspecified atom stereocenters. The Kier molecular flexibility index (Phi) is 8.96. The molecule has 1 aliphatic carbocycles. The number of hydrogen-bond donors (Lipinski definition) is 3. The molecule has 1 aliphatic heterocycles. The van der Waals surface area contributed by atoms with Gasteiger partial charge in [-0.2, -0.15) is 0 Å². The number of halogens is 1. The minimum absolute atomic E-state index is 0.187. The summed E-state index contributed by atoms with van der Waals surface area (Å²) in [5.41, 5.74) is 9.20. The van der Waals surface area contributed by atoms with Crippen LogP contribution in [0.1, 0.15) is 50.6 Å². The van der Waals surface area contributed by atoms with Crippen LogP contribution in [-0.4, -0.2) is 61.6 Å². The van der Waals surface area contributed by atoms with Crippen molar-refractivity contribution < 1.29 is 9.47 Å². The smallest absolute Gasteiger partial charge is 0.183 e. The van der Waals surface area contributed by atoms with Gasteiger partial charge in [-0.25, -0.2) is 4.98 Å². The van der Waals surface area contributed by atoms with E-state index in [2.05, 4.69) is 29.0 Å². The predicted octanol–water partition coefficient (Wildman–Crippen LogP) is 4.28. The lowest BCUT2D eigenvalue weighted by Crippen LogP contribution is -2.47. The highest BCUT2D eigenvalue weighted by atomic mass is 35.5. The van der Waals surface area contributed by atoms with Crippen molar-refractivity contribution in [1.29, 1.82) is 0 Å². The van der Waals surface area contributed by atoms with Gasteiger partial charge in [0.1, 0.15) is 0 Å². The minimum Gasteiger partial charge on any atom is -0.383 e.